The first-order chi connectivity index (χ1) is 16.0. The Hall–Kier alpha value is -2.66. The Labute approximate surface area is 197 Å². The zero-order valence-corrected chi connectivity index (χ0v) is 20.2. The van der Waals surface area contributed by atoms with E-state index in [1.165, 1.54) is 41.6 Å². The van der Waals surface area contributed by atoms with Gasteiger partial charge < -0.3 is 14.8 Å². The second-order valence-corrected chi connectivity index (χ2v) is 10.1. The number of aromatic nitrogens is 2. The van der Waals surface area contributed by atoms with Crippen molar-refractivity contribution in [2.75, 3.05) is 25.0 Å². The highest BCUT2D eigenvalue weighted by Crippen LogP contribution is 2.33. The van der Waals surface area contributed by atoms with Gasteiger partial charge in [-0.05, 0) is 92.8 Å². The number of amides is 1. The number of hydrogen-bond donors (Lipinski definition) is 1. The molecule has 1 amide bonds. The summed E-state index contributed by atoms with van der Waals surface area (Å²) in [4.78, 5) is 19.4. The number of nitrogens with zero attached hydrogens (tertiary/aromatic N) is 3. The fourth-order valence-electron chi connectivity index (χ4n) is 5.88. The molecular formula is C28H36N4O. The third kappa shape index (κ3) is 4.70. The molecule has 0 bridgehead atoms. The number of rotatable bonds is 6. The number of nitrogens with one attached hydrogen (secondary N) is 1. The molecule has 2 aromatic carbocycles. The average molecular weight is 445 g/mol. The smallest absolute Gasteiger partial charge is 0.224 e. The molecular weight excluding hydrogens is 408 g/mol. The molecule has 0 radical (unpaired) electrons. The van der Waals surface area contributed by atoms with Crippen molar-refractivity contribution in [2.45, 2.75) is 65.3 Å². The summed E-state index contributed by atoms with van der Waals surface area (Å²) in [5.74, 6) is 1.94. The maximum atomic E-state index is 11.9. The van der Waals surface area contributed by atoms with Crippen LogP contribution < -0.4 is 5.32 Å². The lowest BCUT2D eigenvalue weighted by Crippen LogP contribution is -2.38. The molecule has 0 unspecified atom stereocenters. The van der Waals surface area contributed by atoms with Gasteiger partial charge in [0.25, 0.3) is 0 Å². The number of hydrogen-bond acceptors (Lipinski definition) is 3. The van der Waals surface area contributed by atoms with E-state index >= 15 is 0 Å². The molecule has 1 saturated heterocycles. The van der Waals surface area contributed by atoms with E-state index in [9.17, 15) is 4.79 Å². The number of carbonyl (C=O) groups excluding carboxylic acids is 1. The van der Waals surface area contributed by atoms with E-state index in [1.807, 2.05) is 6.92 Å². The molecule has 1 N–H and O–H groups in total. The number of fused-ring (bicyclic) bond motifs is 2. The van der Waals surface area contributed by atoms with E-state index in [0.717, 1.165) is 49.4 Å². The quantitative estimate of drug-likeness (QED) is 0.550. The lowest BCUT2D eigenvalue weighted by Gasteiger charge is -2.34. The second-order valence-electron chi connectivity index (χ2n) is 10.1. The summed E-state index contributed by atoms with van der Waals surface area (Å²) in [6, 6.07) is 13.7. The van der Waals surface area contributed by atoms with E-state index in [-0.39, 0.29) is 5.91 Å². The van der Waals surface area contributed by atoms with Crippen LogP contribution in [0.1, 0.15) is 61.2 Å². The number of aryl methyl sites for hydroxylation is 2. The van der Waals surface area contributed by atoms with Gasteiger partial charge in [-0.3, -0.25) is 4.79 Å². The maximum absolute atomic E-state index is 11.9. The minimum atomic E-state index is 0.117. The van der Waals surface area contributed by atoms with Crippen molar-refractivity contribution >= 4 is 22.6 Å². The van der Waals surface area contributed by atoms with Gasteiger partial charge in [0.2, 0.25) is 5.91 Å². The molecule has 3 aromatic rings. The largest absolute Gasteiger partial charge is 0.326 e. The van der Waals surface area contributed by atoms with Gasteiger partial charge in [0.1, 0.15) is 5.82 Å². The molecule has 1 atom stereocenters. The predicted molar refractivity (Wildman–Crippen MR) is 135 cm³/mol. The number of imidazole rings is 1. The zero-order chi connectivity index (χ0) is 22.9. The molecule has 0 saturated carbocycles. The van der Waals surface area contributed by atoms with Crippen LogP contribution in [0.25, 0.3) is 11.0 Å². The van der Waals surface area contributed by atoms with Crippen molar-refractivity contribution in [3.63, 3.8) is 0 Å². The molecule has 1 aromatic heterocycles. The minimum absolute atomic E-state index is 0.117. The highest BCUT2D eigenvalue weighted by atomic mass is 16.1. The molecule has 1 aliphatic carbocycles. The van der Waals surface area contributed by atoms with Crippen LogP contribution in [0.5, 0.6) is 0 Å². The van der Waals surface area contributed by atoms with Crippen LogP contribution in [0.3, 0.4) is 0 Å². The monoisotopic (exact) mass is 444 g/mol. The lowest BCUT2D eigenvalue weighted by atomic mass is 10.0. The van der Waals surface area contributed by atoms with Crippen LogP contribution in [0.4, 0.5) is 5.69 Å². The third-order valence-electron chi connectivity index (χ3n) is 7.44. The Morgan fingerprint density at radius 3 is 2.64 bits per heavy atom. The zero-order valence-electron chi connectivity index (χ0n) is 20.2. The SMILES string of the molecule is CCCC(=O)Nc1ccc2c(c1)C[C@@H](CN1CCC(n3c(C)nc4cc(C)ccc43)CC1)C2. The van der Waals surface area contributed by atoms with E-state index in [0.29, 0.717) is 18.4 Å². The fourth-order valence-corrected chi connectivity index (χ4v) is 5.88. The van der Waals surface area contributed by atoms with E-state index in [1.54, 1.807) is 0 Å². The van der Waals surface area contributed by atoms with Crippen LogP contribution in [0.15, 0.2) is 36.4 Å². The number of benzene rings is 2. The molecule has 1 aliphatic heterocycles. The first-order valence-electron chi connectivity index (χ1n) is 12.6. The summed E-state index contributed by atoms with van der Waals surface area (Å²) in [6.45, 7) is 9.80. The molecule has 2 aliphatic rings. The maximum Gasteiger partial charge on any atom is 0.224 e. The van der Waals surface area contributed by atoms with Gasteiger partial charge in [-0.25, -0.2) is 4.98 Å². The van der Waals surface area contributed by atoms with Crippen LogP contribution in [0.2, 0.25) is 0 Å². The fraction of sp³-hybridized carbons (Fsp3) is 0.500. The molecule has 5 heteroatoms. The molecule has 33 heavy (non-hydrogen) atoms. The summed E-state index contributed by atoms with van der Waals surface area (Å²) in [7, 11) is 0. The molecule has 174 valence electrons. The van der Waals surface area contributed by atoms with Gasteiger partial charge in [-0.15, -0.1) is 0 Å². The van der Waals surface area contributed by atoms with Crippen LogP contribution in [0, 0.1) is 19.8 Å². The highest BCUT2D eigenvalue weighted by Gasteiger charge is 2.28. The van der Waals surface area contributed by atoms with E-state index < -0.39 is 0 Å². The van der Waals surface area contributed by atoms with Crippen molar-refractivity contribution < 1.29 is 4.79 Å². The average Bonchev–Trinajstić information content (AvgIpc) is 3.33. The molecule has 5 nitrogen and oxygen atoms in total. The molecule has 1 fully saturated rings. The Balaban J connectivity index is 1.17. The normalized spacial score (nSPS) is 19.2. The summed E-state index contributed by atoms with van der Waals surface area (Å²) in [6.07, 6.45) is 6.12. The van der Waals surface area contributed by atoms with Gasteiger partial charge in [0, 0.05) is 37.8 Å². The van der Waals surface area contributed by atoms with Crippen molar-refractivity contribution in [2.24, 2.45) is 5.92 Å². The van der Waals surface area contributed by atoms with Gasteiger partial charge in [0.15, 0.2) is 0 Å². The summed E-state index contributed by atoms with van der Waals surface area (Å²) >= 11 is 0. The Morgan fingerprint density at radius 1 is 1.06 bits per heavy atom. The van der Waals surface area contributed by atoms with E-state index in [2.05, 4.69) is 65.0 Å². The van der Waals surface area contributed by atoms with Crippen molar-refractivity contribution in [1.82, 2.24) is 14.5 Å². The summed E-state index contributed by atoms with van der Waals surface area (Å²) < 4.78 is 2.48. The number of likely N-dealkylation sites (tertiary alicyclic amines) is 1. The van der Waals surface area contributed by atoms with Gasteiger partial charge in [-0.1, -0.05) is 19.1 Å². The predicted octanol–water partition coefficient (Wildman–Crippen LogP) is 5.44. The first kappa shape index (κ1) is 22.1. The second kappa shape index (κ2) is 9.30. The topological polar surface area (TPSA) is 50.2 Å². The number of carbonyl (C=O) groups is 1. The third-order valence-corrected chi connectivity index (χ3v) is 7.44. The van der Waals surface area contributed by atoms with Crippen molar-refractivity contribution in [3.8, 4) is 0 Å². The number of anilines is 1. The molecule has 5 rings (SSSR count). The van der Waals surface area contributed by atoms with Crippen LogP contribution in [-0.4, -0.2) is 40.0 Å². The standard InChI is InChI=1S/C28H36N4O/c1-4-5-28(33)30-24-8-7-22-15-21(16-23(22)17-24)18-31-12-10-25(11-13-31)32-20(3)29-26-14-19(2)6-9-27(26)32/h6-9,14,17,21,25H,4-5,10-13,15-16,18H2,1-3H3,(H,30,33)/t21-/m0/s1. The number of piperidine rings is 1. The lowest BCUT2D eigenvalue weighted by molar-refractivity contribution is -0.116. The van der Waals surface area contributed by atoms with Gasteiger partial charge in [-0.2, -0.15) is 0 Å². The Kier molecular flexibility index (Phi) is 6.24. The van der Waals surface area contributed by atoms with Crippen molar-refractivity contribution in [1.29, 1.82) is 0 Å². The Bertz CT molecular complexity index is 1160. The summed E-state index contributed by atoms with van der Waals surface area (Å²) in [5, 5.41) is 3.05. The van der Waals surface area contributed by atoms with Crippen LogP contribution in [-0.2, 0) is 17.6 Å². The van der Waals surface area contributed by atoms with Crippen molar-refractivity contribution in [3.05, 3.63) is 58.9 Å². The van der Waals surface area contributed by atoms with Gasteiger partial charge >= 0.3 is 0 Å². The highest BCUT2D eigenvalue weighted by molar-refractivity contribution is 5.90. The van der Waals surface area contributed by atoms with E-state index in [4.69, 9.17) is 4.98 Å². The summed E-state index contributed by atoms with van der Waals surface area (Å²) in [5.41, 5.74) is 7.51. The Morgan fingerprint density at radius 2 is 1.85 bits per heavy atom. The molecule has 0 spiro atoms. The minimum Gasteiger partial charge on any atom is -0.326 e. The van der Waals surface area contributed by atoms with Crippen LogP contribution >= 0.6 is 0 Å². The first-order valence-corrected chi connectivity index (χ1v) is 12.6. The molecule has 2 heterocycles. The van der Waals surface area contributed by atoms with Gasteiger partial charge in [0.05, 0.1) is 11.0 Å².